The van der Waals surface area contributed by atoms with E-state index in [4.69, 9.17) is 10.2 Å². The second-order valence-corrected chi connectivity index (χ2v) is 11.4. The molecule has 0 saturated carbocycles. The second kappa shape index (κ2) is 11.2. The van der Waals surface area contributed by atoms with Crippen LogP contribution in [0.25, 0.3) is 0 Å². The minimum absolute atomic E-state index is 0.151. The minimum Gasteiger partial charge on any atom is -0.272 e. The Kier molecular flexibility index (Phi) is 7.04. The van der Waals surface area contributed by atoms with E-state index in [9.17, 15) is 19.7 Å². The van der Waals surface area contributed by atoms with Gasteiger partial charge >= 0.3 is 0 Å². The molecule has 0 N–H and O–H groups in total. The van der Waals surface area contributed by atoms with Crippen LogP contribution in [0.5, 0.6) is 0 Å². The van der Waals surface area contributed by atoms with Crippen LogP contribution in [-0.2, 0) is 14.4 Å². The van der Waals surface area contributed by atoms with E-state index in [1.807, 2.05) is 6.07 Å². The van der Waals surface area contributed by atoms with Gasteiger partial charge in [-0.3, -0.25) is 24.5 Å². The molecular formula is C35H27N7O5. The van der Waals surface area contributed by atoms with Crippen LogP contribution in [0.4, 0.5) is 22.7 Å². The summed E-state index contributed by atoms with van der Waals surface area (Å²) in [6.07, 6.45) is 0. The zero-order valence-corrected chi connectivity index (χ0v) is 25.3. The van der Waals surface area contributed by atoms with Crippen molar-refractivity contribution in [3.63, 3.8) is 0 Å². The molecule has 3 heterocycles. The molecule has 7 rings (SSSR count). The molecule has 12 heteroatoms. The predicted octanol–water partition coefficient (Wildman–Crippen LogP) is 5.41. The average Bonchev–Trinajstić information content (AvgIpc) is 3.69. The zero-order chi connectivity index (χ0) is 32.9. The number of nitro groups is 1. The first-order chi connectivity index (χ1) is 22.7. The lowest BCUT2D eigenvalue weighted by Gasteiger charge is -2.37. The van der Waals surface area contributed by atoms with Crippen LogP contribution in [0.3, 0.4) is 0 Å². The number of para-hydroxylation sites is 3. The van der Waals surface area contributed by atoms with Gasteiger partial charge in [0.25, 0.3) is 23.4 Å². The molecule has 3 amide bonds. The number of rotatable bonds is 7. The van der Waals surface area contributed by atoms with Crippen LogP contribution < -0.4 is 15.0 Å². The highest BCUT2D eigenvalue weighted by molar-refractivity contribution is 6.35. The van der Waals surface area contributed by atoms with Gasteiger partial charge < -0.3 is 0 Å². The second-order valence-electron chi connectivity index (χ2n) is 11.4. The Morgan fingerprint density at radius 2 is 1.09 bits per heavy atom. The van der Waals surface area contributed by atoms with Crippen molar-refractivity contribution in [2.45, 2.75) is 13.8 Å². The van der Waals surface area contributed by atoms with Crippen molar-refractivity contribution in [1.29, 1.82) is 0 Å². The number of nitro benzene ring substituents is 1. The maximum atomic E-state index is 15.1. The van der Waals surface area contributed by atoms with E-state index in [1.54, 1.807) is 98.8 Å². The van der Waals surface area contributed by atoms with Crippen molar-refractivity contribution >= 4 is 57.6 Å². The molecule has 3 aliphatic heterocycles. The van der Waals surface area contributed by atoms with E-state index >= 15 is 4.79 Å². The number of hydrazone groups is 3. The first-order valence-electron chi connectivity index (χ1n) is 14.8. The number of carbonyl (C=O) groups excluding carboxylic acids is 3. The van der Waals surface area contributed by atoms with E-state index in [1.165, 1.54) is 39.3 Å². The third kappa shape index (κ3) is 4.52. The number of carbonyl (C=O) groups is 3. The SMILES string of the molecule is CC1=NN(c2ccccc2)C(=O)[C@@H]1[C@]1([C@@H]2C(=O)N(c3ccccc3)N=C2c2ccc([N+](=O)[O-])cc2)C(=O)N(c2ccccc2)N=C1C. The van der Waals surface area contributed by atoms with Gasteiger partial charge in [0.1, 0.15) is 17.3 Å². The highest BCUT2D eigenvalue weighted by atomic mass is 16.6. The van der Waals surface area contributed by atoms with Crippen molar-refractivity contribution < 1.29 is 19.3 Å². The third-order valence-corrected chi connectivity index (χ3v) is 8.75. The topological polar surface area (TPSA) is 141 Å². The Hall–Kier alpha value is -6.30. The van der Waals surface area contributed by atoms with Gasteiger partial charge in [-0.15, -0.1) is 0 Å². The molecule has 4 aromatic carbocycles. The lowest BCUT2D eigenvalue weighted by atomic mass is 9.59. The Bertz CT molecular complexity index is 2010. The van der Waals surface area contributed by atoms with Crippen LogP contribution >= 0.6 is 0 Å². The molecule has 0 fully saturated rings. The molecule has 47 heavy (non-hydrogen) atoms. The highest BCUT2D eigenvalue weighted by Crippen LogP contribution is 2.52. The molecule has 0 bridgehead atoms. The molecule has 0 aromatic heterocycles. The Morgan fingerprint density at radius 1 is 0.617 bits per heavy atom. The monoisotopic (exact) mass is 625 g/mol. The predicted molar refractivity (Wildman–Crippen MR) is 177 cm³/mol. The van der Waals surface area contributed by atoms with E-state index in [-0.39, 0.29) is 17.1 Å². The third-order valence-electron chi connectivity index (χ3n) is 8.75. The largest absolute Gasteiger partial charge is 0.272 e. The number of hydrogen-bond donors (Lipinski definition) is 0. The van der Waals surface area contributed by atoms with Crippen LogP contribution in [0.1, 0.15) is 19.4 Å². The Morgan fingerprint density at radius 3 is 1.60 bits per heavy atom. The zero-order valence-electron chi connectivity index (χ0n) is 25.3. The van der Waals surface area contributed by atoms with Crippen LogP contribution in [0.15, 0.2) is 131 Å². The normalized spacial score (nSPS) is 22.5. The van der Waals surface area contributed by atoms with Crippen molar-refractivity contribution in [2.24, 2.45) is 32.6 Å². The van der Waals surface area contributed by atoms with E-state index < -0.39 is 39.9 Å². The van der Waals surface area contributed by atoms with Gasteiger partial charge in [-0.1, -0.05) is 54.6 Å². The number of anilines is 3. The molecule has 12 nitrogen and oxygen atoms in total. The maximum Gasteiger partial charge on any atom is 0.269 e. The first-order valence-corrected chi connectivity index (χ1v) is 14.8. The lowest BCUT2D eigenvalue weighted by Crippen LogP contribution is -2.59. The molecule has 3 aliphatic rings. The number of non-ortho nitro benzene ring substituents is 1. The van der Waals surface area contributed by atoms with E-state index in [2.05, 4.69) is 5.10 Å². The number of amides is 3. The fourth-order valence-electron chi connectivity index (χ4n) is 6.62. The maximum absolute atomic E-state index is 15.1. The summed E-state index contributed by atoms with van der Waals surface area (Å²) in [5.74, 6) is -4.24. The summed E-state index contributed by atoms with van der Waals surface area (Å²) in [4.78, 5) is 55.5. The van der Waals surface area contributed by atoms with Gasteiger partial charge in [0, 0.05) is 17.8 Å². The standard InChI is InChI=1S/C35H27N7O5/c1-22-29(32(43)39(36-22)25-12-6-3-7-13-25)35(23(2)37-41(34(35)45)27-16-10-5-11-17-27)30-31(24-18-20-28(21-19-24)42(46)47)38-40(33(30)44)26-14-8-4-9-15-26/h3-21,29-30H,1-2H3/t29-,30+,35-/m1/s1. The Balaban J connectivity index is 1.46. The van der Waals surface area contributed by atoms with Crippen molar-refractivity contribution in [3.05, 3.63) is 131 Å². The first kappa shape index (κ1) is 29.4. The fourth-order valence-corrected chi connectivity index (χ4v) is 6.62. The van der Waals surface area contributed by atoms with Crippen molar-refractivity contribution in [1.82, 2.24) is 0 Å². The number of hydrogen-bond acceptors (Lipinski definition) is 8. The molecule has 0 radical (unpaired) electrons. The van der Waals surface area contributed by atoms with Gasteiger partial charge in [-0.05, 0) is 67.9 Å². The van der Waals surface area contributed by atoms with Gasteiger partial charge in [-0.25, -0.2) is 5.01 Å². The summed E-state index contributed by atoms with van der Waals surface area (Å²) in [7, 11) is 0. The van der Waals surface area contributed by atoms with E-state index in [0.29, 0.717) is 28.3 Å². The molecule has 0 unspecified atom stereocenters. The van der Waals surface area contributed by atoms with Crippen LogP contribution in [0.2, 0.25) is 0 Å². The highest BCUT2D eigenvalue weighted by Gasteiger charge is 2.69. The Labute approximate surface area is 269 Å². The lowest BCUT2D eigenvalue weighted by molar-refractivity contribution is -0.384. The molecular weight excluding hydrogens is 598 g/mol. The smallest absolute Gasteiger partial charge is 0.269 e. The van der Waals surface area contributed by atoms with Crippen LogP contribution in [-0.4, -0.2) is 39.8 Å². The van der Waals surface area contributed by atoms with Gasteiger partial charge in [0.15, 0.2) is 0 Å². The molecule has 232 valence electrons. The molecule has 0 aliphatic carbocycles. The molecule has 0 saturated heterocycles. The molecule has 0 spiro atoms. The fraction of sp³-hybridized carbons (Fsp3) is 0.143. The quantitative estimate of drug-likeness (QED) is 0.200. The summed E-state index contributed by atoms with van der Waals surface area (Å²) in [5.41, 5.74) is 0.468. The summed E-state index contributed by atoms with van der Waals surface area (Å²) >= 11 is 0. The number of benzene rings is 4. The minimum atomic E-state index is -1.90. The summed E-state index contributed by atoms with van der Waals surface area (Å²) in [6, 6.07) is 32.0. The van der Waals surface area contributed by atoms with Crippen molar-refractivity contribution in [3.8, 4) is 0 Å². The van der Waals surface area contributed by atoms with Gasteiger partial charge in [0.2, 0.25) is 0 Å². The number of nitrogens with zero attached hydrogens (tertiary/aromatic N) is 7. The molecule has 4 aromatic rings. The van der Waals surface area contributed by atoms with Crippen molar-refractivity contribution in [2.75, 3.05) is 15.0 Å². The average molecular weight is 626 g/mol. The summed E-state index contributed by atoms with van der Waals surface area (Å²) in [6.45, 7) is 3.30. The summed E-state index contributed by atoms with van der Waals surface area (Å²) in [5, 5.41) is 29.3. The summed E-state index contributed by atoms with van der Waals surface area (Å²) < 4.78 is 0. The van der Waals surface area contributed by atoms with Crippen LogP contribution in [0, 0.1) is 27.4 Å². The molecule has 3 atom stereocenters. The van der Waals surface area contributed by atoms with Gasteiger partial charge in [0.05, 0.1) is 33.4 Å². The van der Waals surface area contributed by atoms with E-state index in [0.717, 1.165) is 0 Å². The van der Waals surface area contributed by atoms with Gasteiger partial charge in [-0.2, -0.15) is 25.3 Å².